The molecule has 0 aliphatic carbocycles. The molecule has 0 saturated carbocycles. The van der Waals surface area contributed by atoms with Gasteiger partial charge >= 0.3 is 5.97 Å². The average molecular weight is 391 g/mol. The van der Waals surface area contributed by atoms with Gasteiger partial charge in [-0.3, -0.25) is 9.78 Å². The average Bonchev–Trinajstić information content (AvgIpc) is 2.71. The second-order valence-electron chi connectivity index (χ2n) is 7.74. The molecule has 1 N–H and O–H groups in total. The molecule has 0 aliphatic heterocycles. The molecule has 28 heavy (non-hydrogen) atoms. The Hall–Kier alpha value is -1.42. The Morgan fingerprint density at radius 2 is 1.43 bits per heavy atom. The summed E-state index contributed by atoms with van der Waals surface area (Å²) in [6, 6.07) is 5.76. The van der Waals surface area contributed by atoms with E-state index in [9.17, 15) is 4.79 Å². The normalized spacial score (nSPS) is 10.9. The molecule has 0 radical (unpaired) electrons. The van der Waals surface area contributed by atoms with Crippen LogP contribution in [0, 0.1) is 0 Å². The van der Waals surface area contributed by atoms with Crippen molar-refractivity contribution in [2.24, 2.45) is 0 Å². The van der Waals surface area contributed by atoms with Crippen LogP contribution in [0.4, 0.5) is 0 Å². The predicted molar refractivity (Wildman–Crippen MR) is 117 cm³/mol. The van der Waals surface area contributed by atoms with Crippen molar-refractivity contribution in [3.63, 3.8) is 0 Å². The molecule has 0 saturated heterocycles. The Labute approximate surface area is 172 Å². The lowest BCUT2D eigenvalue weighted by Gasteiger charge is -2.06. The number of nitrogens with zero attached hydrogens (tertiary/aromatic N) is 1. The smallest absolute Gasteiger partial charge is 0.319 e. The van der Waals surface area contributed by atoms with Crippen LogP contribution in [0.15, 0.2) is 24.4 Å². The zero-order chi connectivity index (χ0) is 20.1. The first-order chi connectivity index (χ1) is 13.8. The fourth-order valence-electron chi connectivity index (χ4n) is 3.33. The number of esters is 1. The van der Waals surface area contributed by atoms with Gasteiger partial charge in [-0.15, -0.1) is 0 Å². The Balaban J connectivity index is 1.76. The number of carbonyl (C=O) groups excluding carboxylic acids is 1. The molecule has 1 aromatic heterocycles. The number of hydrogen-bond donors (Lipinski definition) is 1. The standard InChI is InChI=1S/C24H42N2O2/c1-2-3-4-5-6-7-8-9-10-11-12-13-14-17-20-28-24(27)22-25-21-23-18-15-16-19-26-23/h15-16,18-19,25H,2-14,17,20-22H2,1H3. The second-order valence-corrected chi connectivity index (χ2v) is 7.74. The van der Waals surface area contributed by atoms with E-state index in [1.807, 2.05) is 18.2 Å². The van der Waals surface area contributed by atoms with E-state index in [2.05, 4.69) is 17.2 Å². The largest absolute Gasteiger partial charge is 0.465 e. The quantitative estimate of drug-likeness (QED) is 0.226. The van der Waals surface area contributed by atoms with E-state index in [1.54, 1.807) is 6.20 Å². The summed E-state index contributed by atoms with van der Waals surface area (Å²) in [5, 5.41) is 3.07. The van der Waals surface area contributed by atoms with Crippen molar-refractivity contribution in [2.75, 3.05) is 13.2 Å². The van der Waals surface area contributed by atoms with Gasteiger partial charge in [-0.05, 0) is 18.6 Å². The number of carbonyl (C=O) groups is 1. The van der Waals surface area contributed by atoms with Gasteiger partial charge in [-0.2, -0.15) is 0 Å². The minimum atomic E-state index is -0.175. The van der Waals surface area contributed by atoms with Gasteiger partial charge in [0.15, 0.2) is 0 Å². The third kappa shape index (κ3) is 15.6. The minimum Gasteiger partial charge on any atom is -0.465 e. The van der Waals surface area contributed by atoms with E-state index < -0.39 is 0 Å². The van der Waals surface area contributed by atoms with E-state index in [-0.39, 0.29) is 12.5 Å². The van der Waals surface area contributed by atoms with Crippen LogP contribution in [-0.2, 0) is 16.1 Å². The maximum Gasteiger partial charge on any atom is 0.319 e. The number of hydrogen-bond acceptors (Lipinski definition) is 4. The molecule has 1 aromatic rings. The van der Waals surface area contributed by atoms with Gasteiger partial charge in [0.1, 0.15) is 0 Å². The maximum absolute atomic E-state index is 11.7. The van der Waals surface area contributed by atoms with Crippen LogP contribution in [0.2, 0.25) is 0 Å². The first kappa shape index (κ1) is 24.6. The van der Waals surface area contributed by atoms with Gasteiger partial charge in [0.05, 0.1) is 18.8 Å². The molecule has 0 bridgehead atoms. The van der Waals surface area contributed by atoms with Crippen LogP contribution in [0.5, 0.6) is 0 Å². The van der Waals surface area contributed by atoms with Crippen molar-refractivity contribution in [3.05, 3.63) is 30.1 Å². The van der Waals surface area contributed by atoms with E-state index in [4.69, 9.17) is 4.74 Å². The summed E-state index contributed by atoms with van der Waals surface area (Å²) in [5.74, 6) is -0.175. The zero-order valence-electron chi connectivity index (χ0n) is 18.1. The maximum atomic E-state index is 11.7. The molecule has 0 aliphatic rings. The molecule has 1 heterocycles. The van der Waals surface area contributed by atoms with Crippen molar-refractivity contribution >= 4 is 5.97 Å². The van der Waals surface area contributed by atoms with Gasteiger partial charge in [0.25, 0.3) is 0 Å². The first-order valence-corrected chi connectivity index (χ1v) is 11.6. The van der Waals surface area contributed by atoms with Crippen LogP contribution in [0.1, 0.15) is 103 Å². The summed E-state index contributed by atoms with van der Waals surface area (Å²) in [5.41, 5.74) is 0.933. The number of rotatable bonds is 19. The minimum absolute atomic E-state index is 0.175. The highest BCUT2D eigenvalue weighted by Gasteiger charge is 2.02. The predicted octanol–water partition coefficient (Wildman–Crippen LogP) is 6.20. The molecule has 1 rings (SSSR count). The van der Waals surface area contributed by atoms with Crippen LogP contribution in [-0.4, -0.2) is 24.1 Å². The molecule has 160 valence electrons. The van der Waals surface area contributed by atoms with Crippen molar-refractivity contribution in [2.45, 2.75) is 103 Å². The van der Waals surface area contributed by atoms with Crippen molar-refractivity contribution in [3.8, 4) is 0 Å². The van der Waals surface area contributed by atoms with E-state index in [1.165, 1.54) is 77.0 Å². The molecule has 0 fully saturated rings. The molecular formula is C24H42N2O2. The third-order valence-electron chi connectivity index (χ3n) is 5.06. The monoisotopic (exact) mass is 390 g/mol. The SMILES string of the molecule is CCCCCCCCCCCCCCCCOC(=O)CNCc1ccccn1. The summed E-state index contributed by atoms with van der Waals surface area (Å²) in [6.07, 6.45) is 20.5. The molecule has 0 unspecified atom stereocenters. The van der Waals surface area contributed by atoms with Crippen LogP contribution in [0.3, 0.4) is 0 Å². The summed E-state index contributed by atoms with van der Waals surface area (Å²) in [6.45, 7) is 3.66. The Bertz CT molecular complexity index is 465. The number of pyridine rings is 1. The number of aromatic nitrogens is 1. The van der Waals surface area contributed by atoms with Crippen LogP contribution < -0.4 is 5.32 Å². The topological polar surface area (TPSA) is 51.2 Å². The molecule has 0 atom stereocenters. The molecule has 4 heteroatoms. The summed E-state index contributed by atoms with van der Waals surface area (Å²) in [7, 11) is 0. The molecular weight excluding hydrogens is 348 g/mol. The highest BCUT2D eigenvalue weighted by molar-refractivity contribution is 5.71. The summed E-state index contributed by atoms with van der Waals surface area (Å²) >= 11 is 0. The lowest BCUT2D eigenvalue weighted by molar-refractivity contribution is -0.142. The van der Waals surface area contributed by atoms with Gasteiger partial charge in [0, 0.05) is 12.7 Å². The highest BCUT2D eigenvalue weighted by Crippen LogP contribution is 2.12. The van der Waals surface area contributed by atoms with Crippen LogP contribution in [0.25, 0.3) is 0 Å². The Morgan fingerprint density at radius 1 is 0.857 bits per heavy atom. The summed E-state index contributed by atoms with van der Waals surface area (Å²) < 4.78 is 5.27. The molecule has 0 aromatic carbocycles. The van der Waals surface area contributed by atoms with Gasteiger partial charge < -0.3 is 10.1 Å². The number of nitrogens with one attached hydrogen (secondary N) is 1. The Kier molecular flexibility index (Phi) is 16.6. The Morgan fingerprint density at radius 3 is 1.96 bits per heavy atom. The van der Waals surface area contributed by atoms with Crippen LogP contribution >= 0.6 is 0 Å². The first-order valence-electron chi connectivity index (χ1n) is 11.6. The van der Waals surface area contributed by atoms with Gasteiger partial charge in [-0.1, -0.05) is 96.5 Å². The zero-order valence-corrected chi connectivity index (χ0v) is 18.1. The van der Waals surface area contributed by atoms with Crippen molar-refractivity contribution in [1.29, 1.82) is 0 Å². The molecule has 0 amide bonds. The van der Waals surface area contributed by atoms with E-state index >= 15 is 0 Å². The fraction of sp³-hybridized carbons (Fsp3) is 0.750. The number of ether oxygens (including phenoxy) is 1. The number of unbranched alkanes of at least 4 members (excludes halogenated alkanes) is 13. The third-order valence-corrected chi connectivity index (χ3v) is 5.06. The van der Waals surface area contributed by atoms with E-state index in [0.29, 0.717) is 13.2 Å². The van der Waals surface area contributed by atoms with Gasteiger partial charge in [0.2, 0.25) is 0 Å². The van der Waals surface area contributed by atoms with E-state index in [0.717, 1.165) is 18.5 Å². The summed E-state index contributed by atoms with van der Waals surface area (Å²) in [4.78, 5) is 15.9. The second kappa shape index (κ2) is 18.9. The lowest BCUT2D eigenvalue weighted by Crippen LogP contribution is -2.25. The van der Waals surface area contributed by atoms with Crippen molar-refractivity contribution in [1.82, 2.24) is 10.3 Å². The van der Waals surface area contributed by atoms with Gasteiger partial charge in [-0.25, -0.2) is 0 Å². The molecule has 0 spiro atoms. The molecule has 4 nitrogen and oxygen atoms in total. The lowest BCUT2D eigenvalue weighted by atomic mass is 10.0. The van der Waals surface area contributed by atoms with Crippen molar-refractivity contribution < 1.29 is 9.53 Å². The fourth-order valence-corrected chi connectivity index (χ4v) is 3.33. The highest BCUT2D eigenvalue weighted by atomic mass is 16.5.